The van der Waals surface area contributed by atoms with Crippen LogP contribution in [0.5, 0.6) is 0 Å². The molecule has 1 saturated heterocycles. The van der Waals surface area contributed by atoms with Crippen molar-refractivity contribution in [2.24, 2.45) is 0 Å². The maximum atomic E-state index is 12.0. The molecule has 0 saturated carbocycles. The van der Waals surface area contributed by atoms with Crippen LogP contribution in [0.15, 0.2) is 41.8 Å². The Balaban J connectivity index is 1.95. The van der Waals surface area contributed by atoms with E-state index >= 15 is 0 Å². The van der Waals surface area contributed by atoms with Crippen LogP contribution in [0.1, 0.15) is 23.2 Å². The number of benzene rings is 1. The van der Waals surface area contributed by atoms with Gasteiger partial charge in [0.15, 0.2) is 0 Å². The van der Waals surface area contributed by atoms with Crippen LogP contribution in [0.25, 0.3) is 0 Å². The van der Waals surface area contributed by atoms with Crippen LogP contribution in [-0.4, -0.2) is 40.1 Å². The van der Waals surface area contributed by atoms with Gasteiger partial charge in [0.1, 0.15) is 0 Å². The van der Waals surface area contributed by atoms with Crippen LogP contribution < -0.4 is 10.0 Å². The maximum absolute atomic E-state index is 12.0. The van der Waals surface area contributed by atoms with Gasteiger partial charge in [-0.15, -0.1) is 6.58 Å². The largest absolute Gasteiger partial charge is 0.376 e. The van der Waals surface area contributed by atoms with Crippen molar-refractivity contribution in [2.75, 3.05) is 19.7 Å². The highest BCUT2D eigenvalue weighted by Gasteiger charge is 2.17. The molecule has 0 aliphatic carbocycles. The zero-order chi connectivity index (χ0) is 16.0. The molecule has 0 aromatic heterocycles. The van der Waals surface area contributed by atoms with Crippen LogP contribution >= 0.6 is 0 Å². The van der Waals surface area contributed by atoms with E-state index in [4.69, 9.17) is 4.74 Å². The van der Waals surface area contributed by atoms with Gasteiger partial charge in [-0.1, -0.05) is 6.08 Å². The van der Waals surface area contributed by atoms with Crippen molar-refractivity contribution >= 4 is 15.9 Å². The molecule has 0 radical (unpaired) electrons. The summed E-state index contributed by atoms with van der Waals surface area (Å²) in [5.74, 6) is -0.238. The second-order valence-corrected chi connectivity index (χ2v) is 6.78. The number of rotatable bonds is 7. The van der Waals surface area contributed by atoms with E-state index in [1.807, 2.05) is 0 Å². The SMILES string of the molecule is C=CCNS(=O)(=O)c1ccc(C(=O)NC[C@H]2CCCO2)cc1. The van der Waals surface area contributed by atoms with E-state index in [0.29, 0.717) is 12.1 Å². The van der Waals surface area contributed by atoms with Crippen LogP contribution in [0.2, 0.25) is 0 Å². The lowest BCUT2D eigenvalue weighted by atomic mass is 10.2. The summed E-state index contributed by atoms with van der Waals surface area (Å²) in [6.45, 7) is 4.83. The molecule has 0 spiro atoms. The summed E-state index contributed by atoms with van der Waals surface area (Å²) in [5, 5.41) is 2.79. The molecule has 1 aromatic rings. The minimum Gasteiger partial charge on any atom is -0.376 e. The minimum absolute atomic E-state index is 0.0757. The van der Waals surface area contributed by atoms with Crippen molar-refractivity contribution in [3.8, 4) is 0 Å². The number of ether oxygens (including phenoxy) is 1. The van der Waals surface area contributed by atoms with Crippen LogP contribution in [0.4, 0.5) is 0 Å². The molecule has 1 aliphatic heterocycles. The first-order valence-corrected chi connectivity index (χ1v) is 8.61. The summed E-state index contributed by atoms with van der Waals surface area (Å²) in [5.41, 5.74) is 0.417. The van der Waals surface area contributed by atoms with Gasteiger partial charge in [0.25, 0.3) is 5.91 Å². The van der Waals surface area contributed by atoms with Gasteiger partial charge >= 0.3 is 0 Å². The first-order valence-electron chi connectivity index (χ1n) is 7.13. The average molecular weight is 324 g/mol. The Morgan fingerprint density at radius 2 is 2.09 bits per heavy atom. The molecule has 2 N–H and O–H groups in total. The zero-order valence-corrected chi connectivity index (χ0v) is 13.1. The quantitative estimate of drug-likeness (QED) is 0.735. The van der Waals surface area contributed by atoms with Gasteiger partial charge in [0, 0.05) is 25.3 Å². The molecule has 0 bridgehead atoms. The molecule has 22 heavy (non-hydrogen) atoms. The third-order valence-electron chi connectivity index (χ3n) is 3.36. The molecule has 1 aromatic carbocycles. The molecule has 1 amide bonds. The number of hydrogen-bond donors (Lipinski definition) is 2. The summed E-state index contributed by atoms with van der Waals surface area (Å²) >= 11 is 0. The molecule has 2 rings (SSSR count). The van der Waals surface area contributed by atoms with E-state index in [1.165, 1.54) is 30.3 Å². The van der Waals surface area contributed by atoms with E-state index < -0.39 is 10.0 Å². The Bertz CT molecular complexity index is 619. The number of nitrogens with one attached hydrogen (secondary N) is 2. The Hall–Kier alpha value is -1.70. The summed E-state index contributed by atoms with van der Waals surface area (Å²) < 4.78 is 31.6. The molecule has 0 unspecified atom stereocenters. The lowest BCUT2D eigenvalue weighted by Gasteiger charge is -2.11. The fourth-order valence-electron chi connectivity index (χ4n) is 2.15. The third kappa shape index (κ3) is 4.40. The van der Waals surface area contributed by atoms with Crippen LogP contribution in [0.3, 0.4) is 0 Å². The highest BCUT2D eigenvalue weighted by Crippen LogP contribution is 2.12. The monoisotopic (exact) mass is 324 g/mol. The van der Waals surface area contributed by atoms with Crippen molar-refractivity contribution < 1.29 is 17.9 Å². The number of amides is 1. The molecule has 7 heteroatoms. The zero-order valence-electron chi connectivity index (χ0n) is 12.2. The highest BCUT2D eigenvalue weighted by molar-refractivity contribution is 7.89. The lowest BCUT2D eigenvalue weighted by Crippen LogP contribution is -2.31. The molecule has 1 fully saturated rings. The molecule has 1 heterocycles. The fourth-order valence-corrected chi connectivity index (χ4v) is 3.15. The second kappa shape index (κ2) is 7.53. The van der Waals surface area contributed by atoms with Gasteiger partial charge < -0.3 is 10.1 Å². The van der Waals surface area contributed by atoms with Crippen molar-refractivity contribution in [1.29, 1.82) is 0 Å². The third-order valence-corrected chi connectivity index (χ3v) is 4.80. The number of carbonyl (C=O) groups is 1. The maximum Gasteiger partial charge on any atom is 0.251 e. The van der Waals surface area contributed by atoms with E-state index in [-0.39, 0.29) is 23.5 Å². The van der Waals surface area contributed by atoms with Crippen molar-refractivity contribution in [1.82, 2.24) is 10.0 Å². The predicted molar refractivity (Wildman–Crippen MR) is 83.1 cm³/mol. The predicted octanol–water partition coefficient (Wildman–Crippen LogP) is 1.06. The Morgan fingerprint density at radius 1 is 1.36 bits per heavy atom. The molecule has 120 valence electrons. The van der Waals surface area contributed by atoms with Crippen molar-refractivity contribution in [3.63, 3.8) is 0 Å². The van der Waals surface area contributed by atoms with E-state index in [0.717, 1.165) is 19.4 Å². The topological polar surface area (TPSA) is 84.5 Å². The summed E-state index contributed by atoms with van der Waals surface area (Å²) in [6.07, 6.45) is 3.51. The van der Waals surface area contributed by atoms with Gasteiger partial charge in [-0.3, -0.25) is 4.79 Å². The highest BCUT2D eigenvalue weighted by atomic mass is 32.2. The molecule has 1 atom stereocenters. The van der Waals surface area contributed by atoms with E-state index in [9.17, 15) is 13.2 Å². The molecule has 1 aliphatic rings. The van der Waals surface area contributed by atoms with Crippen LogP contribution in [-0.2, 0) is 14.8 Å². The normalized spacial score (nSPS) is 18.1. The van der Waals surface area contributed by atoms with Gasteiger partial charge in [-0.25, -0.2) is 13.1 Å². The Kier molecular flexibility index (Phi) is 5.70. The lowest BCUT2D eigenvalue weighted by molar-refractivity contribution is 0.0857. The van der Waals surface area contributed by atoms with Gasteiger partial charge in [0.2, 0.25) is 10.0 Å². The average Bonchev–Trinajstić information content (AvgIpc) is 3.04. The van der Waals surface area contributed by atoms with E-state index in [2.05, 4.69) is 16.6 Å². The fraction of sp³-hybridized carbons (Fsp3) is 0.400. The number of hydrogen-bond acceptors (Lipinski definition) is 4. The van der Waals surface area contributed by atoms with E-state index in [1.54, 1.807) is 0 Å². The smallest absolute Gasteiger partial charge is 0.251 e. The Labute approximate surface area is 130 Å². The van der Waals surface area contributed by atoms with Crippen molar-refractivity contribution in [3.05, 3.63) is 42.5 Å². The van der Waals surface area contributed by atoms with Gasteiger partial charge in [-0.2, -0.15) is 0 Å². The standard InChI is InChI=1S/C15H20N2O4S/c1-2-9-17-22(19,20)14-7-5-12(6-8-14)15(18)16-11-13-4-3-10-21-13/h2,5-8,13,17H,1,3-4,9-11H2,(H,16,18)/t13-/m1/s1. The first kappa shape index (κ1) is 16.7. The Morgan fingerprint density at radius 3 is 2.68 bits per heavy atom. The molecule has 6 nitrogen and oxygen atoms in total. The molecular weight excluding hydrogens is 304 g/mol. The second-order valence-electron chi connectivity index (χ2n) is 5.01. The summed E-state index contributed by atoms with van der Waals surface area (Å²) in [6, 6.07) is 5.80. The van der Waals surface area contributed by atoms with Crippen molar-refractivity contribution in [2.45, 2.75) is 23.8 Å². The van der Waals surface area contributed by atoms with Crippen LogP contribution in [0, 0.1) is 0 Å². The van der Waals surface area contributed by atoms with Gasteiger partial charge in [-0.05, 0) is 37.1 Å². The molecular formula is C15H20N2O4S. The first-order chi connectivity index (χ1) is 10.5. The minimum atomic E-state index is -3.56. The summed E-state index contributed by atoms with van der Waals surface area (Å²) in [7, 11) is -3.56. The number of carbonyl (C=O) groups excluding carboxylic acids is 1. The number of sulfonamides is 1. The van der Waals surface area contributed by atoms with Gasteiger partial charge in [0.05, 0.1) is 11.0 Å². The summed E-state index contributed by atoms with van der Waals surface area (Å²) in [4.78, 5) is 12.1.